The summed E-state index contributed by atoms with van der Waals surface area (Å²) in [6, 6.07) is 5.42. The van der Waals surface area contributed by atoms with Gasteiger partial charge < -0.3 is 10.5 Å². The smallest absolute Gasteiger partial charge is 0.337 e. The predicted molar refractivity (Wildman–Crippen MR) is 92.9 cm³/mol. The second kappa shape index (κ2) is 9.71. The Kier molecular flexibility index (Phi) is 8.27. The molecule has 26 heavy (non-hydrogen) atoms. The van der Waals surface area contributed by atoms with Gasteiger partial charge in [-0.15, -0.1) is 4.28 Å². The number of hydroxylamine groups is 1. The van der Waals surface area contributed by atoms with Gasteiger partial charge in [-0.3, -0.25) is 4.18 Å². The summed E-state index contributed by atoms with van der Waals surface area (Å²) in [4.78, 5) is 10.4. The van der Waals surface area contributed by atoms with Crippen LogP contribution in [0.2, 0.25) is 0 Å². The number of ether oxygens (including phenoxy) is 1. The first kappa shape index (κ1) is 22.2. The Balaban J connectivity index is 2.48. The lowest BCUT2D eigenvalue weighted by molar-refractivity contribution is 0.189. The van der Waals surface area contributed by atoms with Crippen molar-refractivity contribution in [2.45, 2.75) is 20.5 Å². The van der Waals surface area contributed by atoms with Crippen molar-refractivity contribution < 1.29 is 34.8 Å². The Morgan fingerprint density at radius 2 is 1.65 bits per heavy atom. The normalized spacial score (nSPS) is 12.1. The van der Waals surface area contributed by atoms with E-state index < -0.39 is 37.8 Å². The Morgan fingerprint density at radius 1 is 1.08 bits per heavy atom. The number of rotatable bonds is 11. The number of urea groups is 1. The highest BCUT2D eigenvalue weighted by Gasteiger charge is 2.20. The average molecular weight is 410 g/mol. The van der Waals surface area contributed by atoms with Gasteiger partial charge in [-0.2, -0.15) is 22.3 Å². The summed E-state index contributed by atoms with van der Waals surface area (Å²) in [5.41, 5.74) is 6.62. The molecule has 0 bridgehead atoms. The minimum atomic E-state index is -4.30. The maximum absolute atomic E-state index is 11.8. The van der Waals surface area contributed by atoms with E-state index in [1.54, 1.807) is 24.3 Å². The lowest BCUT2D eigenvalue weighted by atomic mass is 10.2. The molecule has 0 aromatic heterocycles. The predicted octanol–water partition coefficient (Wildman–Crippen LogP) is 0.498. The number of nitrogens with two attached hydrogens (primary N) is 1. The molecule has 0 saturated heterocycles. The molecule has 3 N–H and O–H groups in total. The monoisotopic (exact) mass is 410 g/mol. The number of carbonyl (C=O) groups excluding carboxylic acids is 1. The van der Waals surface area contributed by atoms with Gasteiger partial charge >= 0.3 is 6.03 Å². The van der Waals surface area contributed by atoms with Crippen molar-refractivity contribution in [3.63, 3.8) is 0 Å². The van der Waals surface area contributed by atoms with Crippen LogP contribution in [0.1, 0.15) is 19.4 Å². The minimum Gasteiger partial charge on any atom is -0.493 e. The van der Waals surface area contributed by atoms with Gasteiger partial charge in [0.25, 0.3) is 20.2 Å². The van der Waals surface area contributed by atoms with Crippen LogP contribution in [0.25, 0.3) is 0 Å². The first-order chi connectivity index (χ1) is 12.0. The zero-order valence-electron chi connectivity index (χ0n) is 14.4. The standard InChI is InChI=1S/C14H22N2O8S2/c1-11(2)9-22-13-5-3-12(4-6-13)10-23-25(18,19)7-8-26(20,21)24-16-14(15)17/h3-6,11H,7-10H2,1-2H3,(H3,15,16,17). The largest absolute Gasteiger partial charge is 0.493 e. The summed E-state index contributed by atoms with van der Waals surface area (Å²) in [6.45, 7) is 4.34. The third-order valence-corrected chi connectivity index (χ3v) is 5.25. The zero-order valence-corrected chi connectivity index (χ0v) is 16.0. The lowest BCUT2D eigenvalue weighted by Gasteiger charge is -2.10. The van der Waals surface area contributed by atoms with Crippen LogP contribution in [0, 0.1) is 5.92 Å². The molecule has 2 amide bonds. The molecule has 1 aromatic carbocycles. The van der Waals surface area contributed by atoms with Crippen LogP contribution in [0.4, 0.5) is 4.79 Å². The molecule has 0 atom stereocenters. The molecule has 0 saturated carbocycles. The maximum Gasteiger partial charge on any atom is 0.337 e. The summed E-state index contributed by atoms with van der Waals surface area (Å²) in [6.07, 6.45) is 0. The molecule has 0 aliphatic carbocycles. The fourth-order valence-electron chi connectivity index (χ4n) is 1.51. The molecule has 0 fully saturated rings. The molecule has 1 rings (SSSR count). The van der Waals surface area contributed by atoms with Gasteiger partial charge in [0.1, 0.15) is 5.75 Å². The van der Waals surface area contributed by atoms with Gasteiger partial charge in [0.2, 0.25) is 0 Å². The quantitative estimate of drug-likeness (QED) is 0.395. The van der Waals surface area contributed by atoms with E-state index in [1.165, 1.54) is 5.48 Å². The summed E-state index contributed by atoms with van der Waals surface area (Å²) in [5, 5.41) is 0. The van der Waals surface area contributed by atoms with Crippen molar-refractivity contribution in [1.29, 1.82) is 0 Å². The summed E-state index contributed by atoms with van der Waals surface area (Å²) in [7, 11) is -8.42. The Bertz CT molecular complexity index is 789. The van der Waals surface area contributed by atoms with Gasteiger partial charge in [0.05, 0.1) is 24.7 Å². The van der Waals surface area contributed by atoms with Gasteiger partial charge in [0.15, 0.2) is 0 Å². The van der Waals surface area contributed by atoms with E-state index >= 15 is 0 Å². The molecule has 0 unspecified atom stereocenters. The first-order valence-corrected chi connectivity index (χ1v) is 10.7. The second-order valence-corrected chi connectivity index (χ2v) is 9.13. The fourth-order valence-corrected chi connectivity index (χ4v) is 3.87. The maximum atomic E-state index is 11.8. The van der Waals surface area contributed by atoms with Crippen LogP contribution < -0.4 is 16.0 Å². The van der Waals surface area contributed by atoms with Crippen molar-refractivity contribution in [2.75, 3.05) is 18.1 Å². The van der Waals surface area contributed by atoms with Crippen molar-refractivity contribution in [3.05, 3.63) is 29.8 Å². The number of benzene rings is 1. The molecule has 0 radical (unpaired) electrons. The Labute approximate surface area is 152 Å². The zero-order chi connectivity index (χ0) is 19.8. The molecule has 0 heterocycles. The summed E-state index contributed by atoms with van der Waals surface area (Å²) >= 11 is 0. The molecular formula is C14H22N2O8S2. The molecule has 0 spiro atoms. The van der Waals surface area contributed by atoms with Gasteiger partial charge in [-0.1, -0.05) is 26.0 Å². The Morgan fingerprint density at radius 3 is 2.19 bits per heavy atom. The summed E-state index contributed by atoms with van der Waals surface area (Å²) < 4.78 is 60.6. The van der Waals surface area contributed by atoms with E-state index in [0.29, 0.717) is 23.8 Å². The molecule has 10 nitrogen and oxygen atoms in total. The SMILES string of the molecule is CC(C)COc1ccc(COS(=O)(=O)CCS(=O)(=O)ONC(N)=O)cc1. The minimum absolute atomic E-state index is 0.257. The van der Waals surface area contributed by atoms with Crippen LogP contribution >= 0.6 is 0 Å². The van der Waals surface area contributed by atoms with E-state index in [1.807, 2.05) is 13.8 Å². The first-order valence-electron chi connectivity index (χ1n) is 7.54. The van der Waals surface area contributed by atoms with E-state index in [-0.39, 0.29) is 6.61 Å². The number of hydrogen-bond donors (Lipinski definition) is 2. The van der Waals surface area contributed by atoms with E-state index in [2.05, 4.69) is 10.0 Å². The van der Waals surface area contributed by atoms with Crippen molar-refractivity contribution in [2.24, 2.45) is 11.7 Å². The van der Waals surface area contributed by atoms with Crippen molar-refractivity contribution in [3.8, 4) is 5.75 Å². The van der Waals surface area contributed by atoms with Crippen molar-refractivity contribution in [1.82, 2.24) is 5.48 Å². The molecule has 12 heteroatoms. The third-order valence-electron chi connectivity index (χ3n) is 2.76. The lowest BCUT2D eigenvalue weighted by Crippen LogP contribution is -2.33. The number of hydrogen-bond acceptors (Lipinski definition) is 8. The van der Waals surface area contributed by atoms with Gasteiger partial charge in [0, 0.05) is 0 Å². The Hall–Kier alpha value is -1.89. The average Bonchev–Trinajstić information content (AvgIpc) is 2.56. The topological polar surface area (TPSA) is 151 Å². The highest BCUT2D eigenvalue weighted by molar-refractivity contribution is 7.90. The van der Waals surface area contributed by atoms with Crippen LogP contribution in [-0.4, -0.2) is 41.0 Å². The third kappa shape index (κ3) is 9.56. The number of nitrogens with one attached hydrogen (secondary N) is 1. The van der Waals surface area contributed by atoms with Crippen LogP contribution in [-0.2, 0) is 35.3 Å². The molecule has 1 aromatic rings. The number of amides is 2. The second-order valence-electron chi connectivity index (χ2n) is 5.68. The number of primary amides is 1. The molecule has 0 aliphatic rings. The van der Waals surface area contributed by atoms with Crippen LogP contribution in [0.3, 0.4) is 0 Å². The highest BCUT2D eigenvalue weighted by atomic mass is 32.2. The van der Waals surface area contributed by atoms with Crippen molar-refractivity contribution >= 4 is 26.3 Å². The molecular weight excluding hydrogens is 388 g/mol. The van der Waals surface area contributed by atoms with Crippen LogP contribution in [0.5, 0.6) is 5.75 Å². The summed E-state index contributed by atoms with van der Waals surface area (Å²) in [5.74, 6) is -0.722. The van der Waals surface area contributed by atoms with Gasteiger partial charge in [-0.25, -0.2) is 4.79 Å². The molecule has 148 valence electrons. The highest BCUT2D eigenvalue weighted by Crippen LogP contribution is 2.14. The molecule has 0 aliphatic heterocycles. The van der Waals surface area contributed by atoms with Crippen LogP contribution in [0.15, 0.2) is 24.3 Å². The van der Waals surface area contributed by atoms with E-state index in [9.17, 15) is 21.6 Å². The number of carbonyl (C=O) groups is 1. The van der Waals surface area contributed by atoms with E-state index in [4.69, 9.17) is 8.92 Å². The van der Waals surface area contributed by atoms with E-state index in [0.717, 1.165) is 0 Å². The fraction of sp³-hybridized carbons (Fsp3) is 0.500. The van der Waals surface area contributed by atoms with Gasteiger partial charge in [-0.05, 0) is 23.6 Å².